The first kappa shape index (κ1) is 26.6. The molecule has 0 radical (unpaired) electrons. The third-order valence-corrected chi connectivity index (χ3v) is 6.07. The van der Waals surface area contributed by atoms with E-state index in [0.29, 0.717) is 0 Å². The predicted molar refractivity (Wildman–Crippen MR) is 110 cm³/mol. The van der Waals surface area contributed by atoms with E-state index in [1.807, 2.05) is 12.4 Å². The summed E-state index contributed by atoms with van der Waals surface area (Å²) in [5.74, 6) is 0. The van der Waals surface area contributed by atoms with E-state index < -0.39 is 26.7 Å². The molecule has 2 rings (SSSR count). The number of azo groups is 1. The molecule has 2 aliphatic rings. The predicted octanol–water partition coefficient (Wildman–Crippen LogP) is 2.95. The first-order valence-corrected chi connectivity index (χ1v) is 11.0. The molecule has 9 nitrogen and oxygen atoms in total. The van der Waals surface area contributed by atoms with Crippen molar-refractivity contribution in [3.05, 3.63) is 0 Å². The molecule has 0 aromatic rings. The van der Waals surface area contributed by atoms with Crippen LogP contribution in [0.2, 0.25) is 0 Å². The third kappa shape index (κ3) is 5.42. The van der Waals surface area contributed by atoms with E-state index in [-0.39, 0.29) is 11.3 Å². The van der Waals surface area contributed by atoms with Gasteiger partial charge in [0.1, 0.15) is 22.4 Å². The zero-order chi connectivity index (χ0) is 23.5. The summed E-state index contributed by atoms with van der Waals surface area (Å²) in [4.78, 5) is 9.32. The van der Waals surface area contributed by atoms with Crippen molar-refractivity contribution in [3.8, 4) is 0 Å². The molecule has 2 heterocycles. The molecule has 13 heteroatoms. The van der Waals surface area contributed by atoms with Crippen LogP contribution in [-0.4, -0.2) is 66.4 Å². The van der Waals surface area contributed by atoms with Crippen molar-refractivity contribution in [3.63, 3.8) is 0 Å². The van der Waals surface area contributed by atoms with Gasteiger partial charge in [0, 0.05) is 25.5 Å². The fourth-order valence-corrected chi connectivity index (χ4v) is 3.38. The van der Waals surface area contributed by atoms with Crippen LogP contribution in [0.1, 0.15) is 54.4 Å². The van der Waals surface area contributed by atoms with E-state index in [0.717, 1.165) is 25.9 Å². The zero-order valence-corrected chi connectivity index (χ0v) is 18.9. The monoisotopic (exact) mass is 456 g/mol. The van der Waals surface area contributed by atoms with Gasteiger partial charge in [-0.25, -0.2) is 0 Å². The summed E-state index contributed by atoms with van der Waals surface area (Å²) in [7, 11) is -5.84. The fourth-order valence-electron chi connectivity index (χ4n) is 3.38. The van der Waals surface area contributed by atoms with Crippen LogP contribution in [0.5, 0.6) is 0 Å². The number of hydrogen-bond donors (Lipinski definition) is 3. The maximum Gasteiger partial charge on any atom is 0.522 e. The molecule has 174 valence electrons. The highest BCUT2D eigenvalue weighted by Gasteiger charge is 2.49. The van der Waals surface area contributed by atoms with Crippen LogP contribution in [0.15, 0.2) is 20.2 Å². The molecule has 0 amide bonds. The van der Waals surface area contributed by atoms with E-state index in [2.05, 4.69) is 62.2 Å². The SMILES string of the molecule is CCC1(C(C)(C)N=NC(C)(C)C2(CC)N=CCN2)N=CCN1.O=S(=O)(O)C(F)(F)F. The summed E-state index contributed by atoms with van der Waals surface area (Å²) in [5.41, 5.74) is -7.09. The highest BCUT2D eigenvalue weighted by molar-refractivity contribution is 7.86. The molecule has 0 saturated carbocycles. The van der Waals surface area contributed by atoms with Crippen molar-refractivity contribution in [1.82, 2.24) is 10.6 Å². The molecule has 0 aromatic heterocycles. The second-order valence-electron chi connectivity index (χ2n) is 8.05. The number of alkyl halides is 3. The van der Waals surface area contributed by atoms with Gasteiger partial charge >= 0.3 is 15.6 Å². The maximum atomic E-state index is 10.7. The minimum Gasteiger partial charge on any atom is -0.286 e. The molecule has 0 aromatic carbocycles. The summed E-state index contributed by atoms with van der Waals surface area (Å²) < 4.78 is 57.5. The number of nitrogens with one attached hydrogen (secondary N) is 2. The lowest BCUT2D eigenvalue weighted by atomic mass is 9.85. The summed E-state index contributed by atoms with van der Waals surface area (Å²) in [5, 5.41) is 16.4. The Morgan fingerprint density at radius 1 is 0.933 bits per heavy atom. The van der Waals surface area contributed by atoms with Crippen LogP contribution in [0.25, 0.3) is 0 Å². The highest BCUT2D eigenvalue weighted by Crippen LogP contribution is 2.37. The molecule has 0 aliphatic carbocycles. The molecule has 30 heavy (non-hydrogen) atoms. The van der Waals surface area contributed by atoms with Crippen LogP contribution in [-0.2, 0) is 10.1 Å². The summed E-state index contributed by atoms with van der Waals surface area (Å²) >= 11 is 0. The van der Waals surface area contributed by atoms with Crippen LogP contribution in [0, 0.1) is 0 Å². The average Bonchev–Trinajstić information content (AvgIpc) is 3.30. The van der Waals surface area contributed by atoms with Gasteiger partial charge in [-0.2, -0.15) is 31.8 Å². The Bertz CT molecular complexity index is 751. The van der Waals surface area contributed by atoms with E-state index in [1.165, 1.54) is 0 Å². The smallest absolute Gasteiger partial charge is 0.286 e. The van der Waals surface area contributed by atoms with Gasteiger partial charge in [0.2, 0.25) is 0 Å². The van der Waals surface area contributed by atoms with Crippen LogP contribution in [0.4, 0.5) is 13.2 Å². The second-order valence-corrected chi connectivity index (χ2v) is 9.46. The Balaban J connectivity index is 0.000000479. The summed E-state index contributed by atoms with van der Waals surface area (Å²) in [6.45, 7) is 14.2. The first-order valence-electron chi connectivity index (χ1n) is 9.54. The number of rotatable bonds is 6. The van der Waals surface area contributed by atoms with Gasteiger partial charge in [-0.15, -0.1) is 0 Å². The van der Waals surface area contributed by atoms with E-state index >= 15 is 0 Å². The van der Waals surface area contributed by atoms with Crippen molar-refractivity contribution in [1.29, 1.82) is 0 Å². The Kier molecular flexibility index (Phi) is 7.95. The maximum absolute atomic E-state index is 10.7. The highest BCUT2D eigenvalue weighted by atomic mass is 32.2. The quantitative estimate of drug-likeness (QED) is 0.322. The Hall–Kier alpha value is -1.44. The Morgan fingerprint density at radius 3 is 1.40 bits per heavy atom. The standard InChI is InChI=1S/C16H30N6.CHF3O3S/c1-7-15(17-9-10-18-15)13(3,4)21-22-14(5,6)16(8-2)19-11-12-20-16;2-1(3,4)8(5,6)7/h9,11,18,20H,7-8,10,12H2,1-6H3;(H,5,6,7). The summed E-state index contributed by atoms with van der Waals surface area (Å²) in [6, 6.07) is 0. The molecule has 0 saturated heterocycles. The van der Waals surface area contributed by atoms with Crippen molar-refractivity contribution in [2.24, 2.45) is 20.2 Å². The van der Waals surface area contributed by atoms with E-state index in [1.54, 1.807) is 0 Å². The van der Waals surface area contributed by atoms with Gasteiger partial charge in [-0.1, -0.05) is 13.8 Å². The lowest BCUT2D eigenvalue weighted by Gasteiger charge is -2.41. The molecule has 2 unspecified atom stereocenters. The zero-order valence-electron chi connectivity index (χ0n) is 18.1. The van der Waals surface area contributed by atoms with Gasteiger partial charge in [-0.05, 0) is 40.5 Å². The van der Waals surface area contributed by atoms with E-state index in [9.17, 15) is 13.2 Å². The molecular weight excluding hydrogens is 425 g/mol. The van der Waals surface area contributed by atoms with Crippen molar-refractivity contribution < 1.29 is 26.1 Å². The lowest BCUT2D eigenvalue weighted by Crippen LogP contribution is -2.57. The van der Waals surface area contributed by atoms with Crippen molar-refractivity contribution >= 4 is 22.5 Å². The van der Waals surface area contributed by atoms with Gasteiger partial charge in [0.15, 0.2) is 0 Å². The topological polar surface area (TPSA) is 128 Å². The number of hydrogen-bond acceptors (Lipinski definition) is 8. The van der Waals surface area contributed by atoms with Crippen LogP contribution < -0.4 is 10.6 Å². The van der Waals surface area contributed by atoms with Gasteiger partial charge in [0.25, 0.3) is 0 Å². The van der Waals surface area contributed by atoms with Crippen LogP contribution >= 0.6 is 0 Å². The van der Waals surface area contributed by atoms with Crippen LogP contribution in [0.3, 0.4) is 0 Å². The molecule has 3 N–H and O–H groups in total. The fraction of sp³-hybridized carbons (Fsp3) is 0.882. The average molecular weight is 457 g/mol. The number of nitrogens with zero attached hydrogens (tertiary/aromatic N) is 4. The van der Waals surface area contributed by atoms with Crippen molar-refractivity contribution in [2.45, 2.75) is 82.3 Å². The van der Waals surface area contributed by atoms with Gasteiger partial charge < -0.3 is 0 Å². The van der Waals surface area contributed by atoms with Gasteiger partial charge in [-0.3, -0.25) is 25.2 Å². The number of halogens is 3. The van der Waals surface area contributed by atoms with Gasteiger partial charge in [0.05, 0.1) is 0 Å². The molecule has 0 fully saturated rings. The van der Waals surface area contributed by atoms with E-state index in [4.69, 9.17) is 23.2 Å². The lowest BCUT2D eigenvalue weighted by molar-refractivity contribution is -0.0510. The Morgan fingerprint density at radius 2 is 1.23 bits per heavy atom. The van der Waals surface area contributed by atoms with Crippen molar-refractivity contribution in [2.75, 3.05) is 13.1 Å². The minimum atomic E-state index is -5.84. The minimum absolute atomic E-state index is 0.363. The normalized spacial score (nSPS) is 27.5. The first-order chi connectivity index (χ1) is 13.5. The second kappa shape index (κ2) is 8.97. The molecule has 2 atom stereocenters. The largest absolute Gasteiger partial charge is 0.522 e. The number of aliphatic imine (C=N–C) groups is 2. The Labute approximate surface area is 175 Å². The molecule has 0 bridgehead atoms. The summed E-state index contributed by atoms with van der Waals surface area (Å²) in [6.07, 6.45) is 5.63. The third-order valence-electron chi connectivity index (χ3n) is 5.49. The molecular formula is C17H31F3N6O3S. The molecule has 2 aliphatic heterocycles. The molecule has 0 spiro atoms.